The Morgan fingerprint density at radius 1 is 1.39 bits per heavy atom. The molecular formula is C15H11Cl2N5O. The molecule has 116 valence electrons. The van der Waals surface area contributed by atoms with Crippen LogP contribution in [0.4, 0.5) is 5.82 Å². The summed E-state index contributed by atoms with van der Waals surface area (Å²) in [4.78, 5) is 0. The number of aliphatic hydroxyl groups excluding tert-OH is 1. The highest BCUT2D eigenvalue weighted by atomic mass is 35.5. The Labute approximate surface area is 142 Å². The fourth-order valence-electron chi connectivity index (χ4n) is 1.98. The van der Waals surface area contributed by atoms with Gasteiger partial charge >= 0.3 is 0 Å². The number of allylic oxidation sites excluding steroid dienone is 1. The van der Waals surface area contributed by atoms with Gasteiger partial charge in [-0.25, -0.2) is 4.68 Å². The Hall–Kier alpha value is -2.51. The lowest BCUT2D eigenvalue weighted by Crippen LogP contribution is -2.07. The van der Waals surface area contributed by atoms with Crippen LogP contribution in [0, 0.1) is 22.7 Å². The number of rotatable bonds is 4. The highest BCUT2D eigenvalue weighted by Crippen LogP contribution is 2.30. The largest absolute Gasteiger partial charge is 0.394 e. The second-order valence-electron chi connectivity index (χ2n) is 4.48. The number of benzene rings is 1. The van der Waals surface area contributed by atoms with Crippen LogP contribution in [0.25, 0.3) is 11.6 Å². The van der Waals surface area contributed by atoms with Crippen LogP contribution >= 0.6 is 23.2 Å². The number of nitrogens with two attached hydrogens (primary N) is 1. The molecule has 6 nitrogen and oxygen atoms in total. The number of nitrogen functional groups attached to an aromatic ring is 1. The molecule has 2 aromatic rings. The molecule has 0 aliphatic carbocycles. The zero-order valence-corrected chi connectivity index (χ0v) is 13.3. The monoisotopic (exact) mass is 347 g/mol. The summed E-state index contributed by atoms with van der Waals surface area (Å²) in [7, 11) is 0. The molecule has 0 bridgehead atoms. The van der Waals surface area contributed by atoms with Gasteiger partial charge < -0.3 is 10.8 Å². The zero-order valence-electron chi connectivity index (χ0n) is 11.8. The molecule has 0 spiro atoms. The van der Waals surface area contributed by atoms with Crippen molar-refractivity contribution in [2.75, 3.05) is 12.3 Å². The minimum absolute atomic E-state index is 0.0735. The highest BCUT2D eigenvalue weighted by Gasteiger charge is 2.19. The number of nitriles is 2. The average Bonchev–Trinajstić information content (AvgIpc) is 2.85. The molecule has 0 saturated heterocycles. The number of nitrogens with zero attached hydrogens (tertiary/aromatic N) is 4. The van der Waals surface area contributed by atoms with Gasteiger partial charge in [-0.1, -0.05) is 35.3 Å². The molecule has 0 atom stereocenters. The van der Waals surface area contributed by atoms with Crippen LogP contribution < -0.4 is 5.73 Å². The van der Waals surface area contributed by atoms with Crippen LogP contribution in [0.2, 0.25) is 10.0 Å². The van der Waals surface area contributed by atoms with Gasteiger partial charge in [-0.3, -0.25) is 0 Å². The van der Waals surface area contributed by atoms with E-state index < -0.39 is 0 Å². The first-order valence-electron chi connectivity index (χ1n) is 6.46. The van der Waals surface area contributed by atoms with E-state index in [1.165, 1.54) is 10.8 Å². The van der Waals surface area contributed by atoms with Gasteiger partial charge in [0.15, 0.2) is 0 Å². The molecule has 0 unspecified atom stereocenters. The zero-order chi connectivity index (χ0) is 17.0. The minimum atomic E-state index is -0.193. The molecule has 8 heteroatoms. The molecule has 3 N–H and O–H groups in total. The Kier molecular flexibility index (Phi) is 5.25. The van der Waals surface area contributed by atoms with Crippen molar-refractivity contribution in [3.05, 3.63) is 45.1 Å². The van der Waals surface area contributed by atoms with E-state index in [1.807, 2.05) is 12.1 Å². The summed E-state index contributed by atoms with van der Waals surface area (Å²) < 4.78 is 1.28. The number of aromatic nitrogens is 2. The Morgan fingerprint density at radius 3 is 2.74 bits per heavy atom. The van der Waals surface area contributed by atoms with Gasteiger partial charge in [-0.15, -0.1) is 0 Å². The molecule has 1 heterocycles. The van der Waals surface area contributed by atoms with E-state index in [0.29, 0.717) is 15.6 Å². The van der Waals surface area contributed by atoms with Crippen molar-refractivity contribution in [3.63, 3.8) is 0 Å². The number of halogens is 2. The molecule has 2 rings (SSSR count). The quantitative estimate of drug-likeness (QED) is 0.825. The summed E-state index contributed by atoms with van der Waals surface area (Å²) in [5.74, 6) is 0.0925. The van der Waals surface area contributed by atoms with Gasteiger partial charge in [-0.2, -0.15) is 15.6 Å². The van der Waals surface area contributed by atoms with Crippen LogP contribution in [-0.4, -0.2) is 21.5 Å². The number of aliphatic hydroxyl groups is 1. The predicted molar refractivity (Wildman–Crippen MR) is 88.4 cm³/mol. The van der Waals surface area contributed by atoms with Crippen LogP contribution in [0.3, 0.4) is 0 Å². The van der Waals surface area contributed by atoms with E-state index in [1.54, 1.807) is 18.2 Å². The Balaban J connectivity index is 2.61. The summed E-state index contributed by atoms with van der Waals surface area (Å²) in [5, 5.41) is 32.4. The van der Waals surface area contributed by atoms with Crippen molar-refractivity contribution >= 4 is 40.7 Å². The van der Waals surface area contributed by atoms with Crippen molar-refractivity contribution in [2.45, 2.75) is 6.54 Å². The van der Waals surface area contributed by atoms with Gasteiger partial charge in [0, 0.05) is 0 Å². The normalized spacial score (nSPS) is 11.1. The van der Waals surface area contributed by atoms with E-state index in [9.17, 15) is 10.5 Å². The highest BCUT2D eigenvalue weighted by molar-refractivity contribution is 6.43. The summed E-state index contributed by atoms with van der Waals surface area (Å²) in [6.07, 6.45) is 1.49. The number of hydrogen-bond acceptors (Lipinski definition) is 5. The molecule has 0 aliphatic heterocycles. The topological polar surface area (TPSA) is 112 Å². The fraction of sp³-hybridized carbons (Fsp3) is 0.133. The maximum atomic E-state index is 9.41. The standard InChI is InChI=1S/C15H11Cl2N5O/c16-12-3-1-2-9(13(12)17)6-10(7-18)14-11(8-19)15(20)22(21-14)4-5-23/h1-3,6,23H,4-5,20H2. The fourth-order valence-corrected chi connectivity index (χ4v) is 2.34. The summed E-state index contributed by atoms with van der Waals surface area (Å²) in [5.41, 5.74) is 6.68. The Morgan fingerprint density at radius 2 is 2.13 bits per heavy atom. The van der Waals surface area contributed by atoms with Gasteiger partial charge in [0.2, 0.25) is 0 Å². The van der Waals surface area contributed by atoms with Gasteiger partial charge in [-0.05, 0) is 17.7 Å². The molecular weight excluding hydrogens is 337 g/mol. The first-order chi connectivity index (χ1) is 11.0. The third-order valence-electron chi connectivity index (χ3n) is 3.07. The van der Waals surface area contributed by atoms with Crippen molar-refractivity contribution in [1.82, 2.24) is 9.78 Å². The molecule has 1 aromatic carbocycles. The third kappa shape index (κ3) is 3.30. The van der Waals surface area contributed by atoms with E-state index in [0.717, 1.165) is 0 Å². The second-order valence-corrected chi connectivity index (χ2v) is 5.27. The molecule has 23 heavy (non-hydrogen) atoms. The first kappa shape index (κ1) is 16.9. The molecule has 0 amide bonds. The maximum absolute atomic E-state index is 9.41. The average molecular weight is 348 g/mol. The van der Waals surface area contributed by atoms with Gasteiger partial charge in [0.05, 0.1) is 28.8 Å². The first-order valence-corrected chi connectivity index (χ1v) is 7.22. The van der Waals surface area contributed by atoms with Crippen molar-refractivity contribution in [1.29, 1.82) is 10.5 Å². The van der Waals surface area contributed by atoms with E-state index in [4.69, 9.17) is 34.0 Å². The Bertz CT molecular complexity index is 858. The molecule has 1 aromatic heterocycles. The predicted octanol–water partition coefficient (Wildman–Crippen LogP) is 2.70. The third-order valence-corrected chi connectivity index (χ3v) is 3.91. The van der Waals surface area contributed by atoms with Crippen molar-refractivity contribution in [2.24, 2.45) is 0 Å². The molecule has 0 saturated carbocycles. The summed E-state index contributed by atoms with van der Waals surface area (Å²) in [6, 6.07) is 8.92. The van der Waals surface area contributed by atoms with Gasteiger partial charge in [0.1, 0.15) is 29.2 Å². The van der Waals surface area contributed by atoms with Crippen LogP contribution in [0.1, 0.15) is 16.8 Å². The minimum Gasteiger partial charge on any atom is -0.394 e. The molecule has 0 fully saturated rings. The van der Waals surface area contributed by atoms with Crippen molar-refractivity contribution in [3.8, 4) is 12.1 Å². The SMILES string of the molecule is N#CC(=Cc1cccc(Cl)c1Cl)c1nn(CCO)c(N)c1C#N. The maximum Gasteiger partial charge on any atom is 0.140 e. The number of hydrogen-bond donors (Lipinski definition) is 2. The summed E-state index contributed by atoms with van der Waals surface area (Å²) in [6.45, 7) is -0.0704. The van der Waals surface area contributed by atoms with Crippen LogP contribution in [-0.2, 0) is 6.54 Å². The van der Waals surface area contributed by atoms with Gasteiger partial charge in [0.25, 0.3) is 0 Å². The van der Waals surface area contributed by atoms with E-state index >= 15 is 0 Å². The lowest BCUT2D eigenvalue weighted by Gasteiger charge is -2.01. The smallest absolute Gasteiger partial charge is 0.140 e. The van der Waals surface area contributed by atoms with E-state index in [2.05, 4.69) is 5.10 Å². The van der Waals surface area contributed by atoms with Crippen molar-refractivity contribution < 1.29 is 5.11 Å². The molecule has 0 aliphatic rings. The van der Waals surface area contributed by atoms with E-state index in [-0.39, 0.29) is 35.8 Å². The lowest BCUT2D eigenvalue weighted by atomic mass is 10.1. The number of anilines is 1. The van der Waals surface area contributed by atoms with Crippen LogP contribution in [0.5, 0.6) is 0 Å². The summed E-state index contributed by atoms with van der Waals surface area (Å²) >= 11 is 12.1. The molecule has 0 radical (unpaired) electrons. The lowest BCUT2D eigenvalue weighted by molar-refractivity contribution is 0.270. The second kappa shape index (κ2) is 7.17. The van der Waals surface area contributed by atoms with Crippen LogP contribution in [0.15, 0.2) is 18.2 Å².